The van der Waals surface area contributed by atoms with Gasteiger partial charge in [-0.2, -0.15) is 15.5 Å². The Labute approximate surface area is 224 Å². The number of benzene rings is 1. The Bertz CT molecular complexity index is 1630. The van der Waals surface area contributed by atoms with Crippen molar-refractivity contribution in [2.75, 3.05) is 10.6 Å². The molecular formula is C28H25N9O2. The van der Waals surface area contributed by atoms with Crippen LogP contribution < -0.4 is 15.4 Å². The van der Waals surface area contributed by atoms with Gasteiger partial charge in [-0.15, -0.1) is 0 Å². The number of aromatic amines is 1. The van der Waals surface area contributed by atoms with E-state index in [1.807, 2.05) is 32.9 Å². The van der Waals surface area contributed by atoms with Crippen LogP contribution in [-0.2, 0) is 5.54 Å². The van der Waals surface area contributed by atoms with Gasteiger partial charge >= 0.3 is 6.03 Å². The zero-order valence-electron chi connectivity index (χ0n) is 21.5. The Morgan fingerprint density at radius 3 is 2.49 bits per heavy atom. The van der Waals surface area contributed by atoms with Crippen LogP contribution in [-0.4, -0.2) is 36.0 Å². The monoisotopic (exact) mass is 519 g/mol. The Balaban J connectivity index is 1.28. The molecule has 0 aliphatic carbocycles. The van der Waals surface area contributed by atoms with Crippen LogP contribution in [0.3, 0.4) is 0 Å². The van der Waals surface area contributed by atoms with Gasteiger partial charge in [-0.25, -0.2) is 9.78 Å². The van der Waals surface area contributed by atoms with E-state index in [2.05, 4.69) is 35.9 Å². The average Bonchev–Trinajstić information content (AvgIpc) is 3.61. The van der Waals surface area contributed by atoms with E-state index in [9.17, 15) is 4.79 Å². The zero-order valence-corrected chi connectivity index (χ0v) is 21.5. The highest BCUT2D eigenvalue weighted by atomic mass is 16.5. The molecule has 4 heterocycles. The molecule has 0 aliphatic heterocycles. The first kappa shape index (κ1) is 25.2. The summed E-state index contributed by atoms with van der Waals surface area (Å²) in [6.07, 6.45) is 8.46. The van der Waals surface area contributed by atoms with E-state index in [1.165, 1.54) is 0 Å². The third-order valence-corrected chi connectivity index (χ3v) is 5.67. The van der Waals surface area contributed by atoms with Gasteiger partial charge in [0.25, 0.3) is 0 Å². The fraction of sp³-hybridized carbons (Fsp3) is 0.143. The summed E-state index contributed by atoms with van der Waals surface area (Å²) in [4.78, 5) is 21.4. The molecule has 39 heavy (non-hydrogen) atoms. The topological polar surface area (TPSA) is 146 Å². The first-order valence-corrected chi connectivity index (χ1v) is 12.1. The van der Waals surface area contributed by atoms with Gasteiger partial charge in [-0.1, -0.05) is 0 Å². The van der Waals surface area contributed by atoms with Crippen LogP contribution in [0.5, 0.6) is 11.5 Å². The Hall–Kier alpha value is -5.50. The molecule has 0 aliphatic rings. The Kier molecular flexibility index (Phi) is 6.75. The number of carbonyl (C=O) groups excluding carboxylic acids is 1. The van der Waals surface area contributed by atoms with Crippen molar-refractivity contribution in [1.29, 1.82) is 5.26 Å². The van der Waals surface area contributed by atoms with E-state index in [1.54, 1.807) is 78.1 Å². The number of rotatable bonds is 6. The van der Waals surface area contributed by atoms with E-state index >= 15 is 0 Å². The maximum atomic E-state index is 12.9. The highest BCUT2D eigenvalue weighted by Crippen LogP contribution is 2.30. The number of pyridine rings is 2. The van der Waals surface area contributed by atoms with Gasteiger partial charge in [0.15, 0.2) is 0 Å². The number of anilines is 2. The van der Waals surface area contributed by atoms with Crippen LogP contribution in [0, 0.1) is 11.3 Å². The molecule has 0 radical (unpaired) electrons. The molecule has 0 saturated heterocycles. The van der Waals surface area contributed by atoms with Crippen LogP contribution in [0.25, 0.3) is 22.5 Å². The number of amides is 2. The summed E-state index contributed by atoms with van der Waals surface area (Å²) in [5, 5.41) is 26.1. The molecule has 11 heteroatoms. The minimum absolute atomic E-state index is 0.302. The number of hydrogen-bond donors (Lipinski definition) is 3. The zero-order chi connectivity index (χ0) is 27.4. The van der Waals surface area contributed by atoms with Crippen molar-refractivity contribution in [3.63, 3.8) is 0 Å². The van der Waals surface area contributed by atoms with Crippen molar-refractivity contribution in [1.82, 2.24) is 29.9 Å². The van der Waals surface area contributed by atoms with Crippen molar-refractivity contribution >= 4 is 17.4 Å². The maximum absolute atomic E-state index is 12.9. The number of carbonyl (C=O) groups is 1. The number of aromatic nitrogens is 6. The van der Waals surface area contributed by atoms with Gasteiger partial charge in [0.05, 0.1) is 23.1 Å². The third-order valence-electron chi connectivity index (χ3n) is 5.67. The molecule has 11 nitrogen and oxygen atoms in total. The van der Waals surface area contributed by atoms with Gasteiger partial charge in [-0.3, -0.25) is 14.8 Å². The summed E-state index contributed by atoms with van der Waals surface area (Å²) in [7, 11) is 0. The molecule has 0 spiro atoms. The smallest absolute Gasteiger partial charge is 0.323 e. The summed E-state index contributed by atoms with van der Waals surface area (Å²) in [6, 6.07) is 15.5. The highest BCUT2D eigenvalue weighted by molar-refractivity contribution is 6.01. The Morgan fingerprint density at radius 2 is 1.82 bits per heavy atom. The minimum Gasteiger partial charge on any atom is -0.457 e. The lowest BCUT2D eigenvalue weighted by molar-refractivity contribution is 0.262. The lowest BCUT2D eigenvalue weighted by Gasteiger charge is -2.18. The predicted octanol–water partition coefficient (Wildman–Crippen LogP) is 5.79. The minimum atomic E-state index is -0.432. The van der Waals surface area contributed by atoms with Crippen LogP contribution in [0.15, 0.2) is 79.5 Å². The van der Waals surface area contributed by atoms with Crippen LogP contribution >= 0.6 is 0 Å². The molecule has 0 fully saturated rings. The summed E-state index contributed by atoms with van der Waals surface area (Å²) >= 11 is 0. The largest absolute Gasteiger partial charge is 0.457 e. The fourth-order valence-electron chi connectivity index (χ4n) is 3.67. The molecule has 4 aromatic heterocycles. The number of hydrogen-bond acceptors (Lipinski definition) is 7. The quantitative estimate of drug-likeness (QED) is 0.257. The first-order chi connectivity index (χ1) is 18.8. The molecule has 0 bridgehead atoms. The van der Waals surface area contributed by atoms with Crippen molar-refractivity contribution in [3.8, 4) is 40.1 Å². The first-order valence-electron chi connectivity index (χ1n) is 12.1. The summed E-state index contributed by atoms with van der Waals surface area (Å²) in [6.45, 7) is 6.04. The SMILES string of the molecule is CC(C)(C)n1cc(NC(=O)Nc2ccc(Oc3ccnc(-c4cn[nH]c4)c3)cc2)c(-c2ccc(C#N)nc2)n1. The van der Waals surface area contributed by atoms with Crippen LogP contribution in [0.4, 0.5) is 16.2 Å². The fourth-order valence-corrected chi connectivity index (χ4v) is 3.67. The van der Waals surface area contributed by atoms with Crippen LogP contribution in [0.2, 0.25) is 0 Å². The average molecular weight is 520 g/mol. The third kappa shape index (κ3) is 5.91. The lowest BCUT2D eigenvalue weighted by atomic mass is 10.1. The number of nitriles is 1. The molecule has 2 amide bonds. The molecule has 3 N–H and O–H groups in total. The number of nitrogens with one attached hydrogen (secondary N) is 3. The summed E-state index contributed by atoms with van der Waals surface area (Å²) in [5.41, 5.74) is 3.91. The Morgan fingerprint density at radius 1 is 1.00 bits per heavy atom. The van der Waals surface area contributed by atoms with E-state index in [4.69, 9.17) is 10.00 Å². The van der Waals surface area contributed by atoms with E-state index < -0.39 is 6.03 Å². The number of nitrogens with zero attached hydrogens (tertiary/aromatic N) is 6. The normalized spacial score (nSPS) is 11.0. The molecule has 5 aromatic rings. The van der Waals surface area contributed by atoms with Crippen molar-refractivity contribution in [2.24, 2.45) is 0 Å². The summed E-state index contributed by atoms with van der Waals surface area (Å²) < 4.78 is 7.73. The number of ether oxygens (including phenoxy) is 1. The van der Waals surface area contributed by atoms with E-state index in [0.717, 1.165) is 11.3 Å². The molecule has 194 valence electrons. The van der Waals surface area contributed by atoms with Crippen molar-refractivity contribution < 1.29 is 9.53 Å². The molecule has 5 rings (SSSR count). The van der Waals surface area contributed by atoms with E-state index in [-0.39, 0.29) is 5.54 Å². The molecular weight excluding hydrogens is 494 g/mol. The number of urea groups is 1. The van der Waals surface area contributed by atoms with Gasteiger partial charge in [0.2, 0.25) is 0 Å². The molecule has 0 unspecified atom stereocenters. The van der Waals surface area contributed by atoms with Gasteiger partial charge in [0.1, 0.15) is 29.0 Å². The van der Waals surface area contributed by atoms with Gasteiger partial charge in [-0.05, 0) is 63.2 Å². The second-order valence-electron chi connectivity index (χ2n) is 9.62. The number of H-pyrrole nitrogens is 1. The van der Waals surface area contributed by atoms with Crippen molar-refractivity contribution in [3.05, 3.63) is 85.2 Å². The molecule has 0 saturated carbocycles. The molecule has 1 aromatic carbocycles. The standard InChI is InChI=1S/C28H25N9O2/c1-28(2,3)37-17-25(26(36-37)18-4-5-21(13-29)31-14-18)35-27(38)34-20-6-8-22(9-7-20)39-23-10-11-30-24(12-23)19-15-32-33-16-19/h4-12,14-17H,1-3H3,(H,32,33)(H2,34,35,38). The van der Waals surface area contributed by atoms with Crippen LogP contribution in [0.1, 0.15) is 26.5 Å². The van der Waals surface area contributed by atoms with Crippen molar-refractivity contribution in [2.45, 2.75) is 26.3 Å². The molecule has 0 atom stereocenters. The lowest BCUT2D eigenvalue weighted by Crippen LogP contribution is -2.22. The highest BCUT2D eigenvalue weighted by Gasteiger charge is 2.20. The second kappa shape index (κ2) is 10.5. The van der Waals surface area contributed by atoms with E-state index in [0.29, 0.717) is 39.8 Å². The van der Waals surface area contributed by atoms with Gasteiger partial charge in [0, 0.05) is 47.7 Å². The predicted molar refractivity (Wildman–Crippen MR) is 146 cm³/mol. The van der Waals surface area contributed by atoms with Gasteiger partial charge < -0.3 is 15.4 Å². The second-order valence-corrected chi connectivity index (χ2v) is 9.62. The summed E-state index contributed by atoms with van der Waals surface area (Å²) in [5.74, 6) is 1.23. The maximum Gasteiger partial charge on any atom is 0.323 e.